The maximum atomic E-state index is 12.7. The van der Waals surface area contributed by atoms with Crippen LogP contribution in [-0.4, -0.2) is 32.2 Å². The maximum absolute atomic E-state index is 12.7. The molecule has 1 amide bonds. The monoisotopic (exact) mass is 354 g/mol. The average molecular weight is 355 g/mol. The summed E-state index contributed by atoms with van der Waals surface area (Å²) in [6.07, 6.45) is 1.90. The van der Waals surface area contributed by atoms with Crippen LogP contribution >= 0.6 is 0 Å². The Kier molecular flexibility index (Phi) is 6.09. The normalized spacial score (nSPS) is 14.1. The zero-order valence-corrected chi connectivity index (χ0v) is 16.6. The lowest BCUT2D eigenvalue weighted by Gasteiger charge is -2.36. The second kappa shape index (κ2) is 7.13. The van der Waals surface area contributed by atoms with Gasteiger partial charge in [0.1, 0.15) is 6.04 Å². The van der Waals surface area contributed by atoms with Crippen LogP contribution in [0.25, 0.3) is 0 Å². The largest absolute Gasteiger partial charge is 0.349 e. The van der Waals surface area contributed by atoms with Crippen LogP contribution in [0.1, 0.15) is 48.0 Å². The molecule has 0 saturated heterocycles. The zero-order valence-electron chi connectivity index (χ0n) is 15.8. The molecule has 1 rings (SSSR count). The Morgan fingerprint density at radius 1 is 1.12 bits per heavy atom. The Morgan fingerprint density at radius 3 is 2.04 bits per heavy atom. The summed E-state index contributed by atoms with van der Waals surface area (Å²) in [4.78, 5) is 12.7. The van der Waals surface area contributed by atoms with Gasteiger partial charge in [0.05, 0.1) is 11.9 Å². The molecule has 136 valence electrons. The molecule has 0 saturated carbocycles. The Balaban J connectivity index is 3.04. The molecule has 0 fully saturated rings. The van der Waals surface area contributed by atoms with Crippen LogP contribution in [0, 0.1) is 5.41 Å². The van der Waals surface area contributed by atoms with E-state index in [4.69, 9.17) is 0 Å². The predicted molar refractivity (Wildman–Crippen MR) is 99.5 cm³/mol. The highest BCUT2D eigenvalue weighted by Crippen LogP contribution is 2.27. The van der Waals surface area contributed by atoms with Crippen molar-refractivity contribution in [2.75, 3.05) is 10.6 Å². The number of carbonyl (C=O) groups is 1. The van der Waals surface area contributed by atoms with Gasteiger partial charge in [0.15, 0.2) is 0 Å². The van der Waals surface area contributed by atoms with Gasteiger partial charge in [-0.1, -0.05) is 39.0 Å². The van der Waals surface area contributed by atoms with Gasteiger partial charge in [-0.05, 0) is 44.7 Å². The summed E-state index contributed by atoms with van der Waals surface area (Å²) >= 11 is 0. The van der Waals surface area contributed by atoms with E-state index in [-0.39, 0.29) is 11.3 Å². The molecule has 0 aliphatic heterocycles. The number of hydrogen-bond acceptors (Lipinski definition) is 3. The van der Waals surface area contributed by atoms with Gasteiger partial charge in [0.2, 0.25) is 15.9 Å². The van der Waals surface area contributed by atoms with E-state index in [2.05, 4.69) is 26.1 Å². The number of hydrogen-bond donors (Lipinski definition) is 1. The molecule has 1 aromatic carbocycles. The molecule has 24 heavy (non-hydrogen) atoms. The summed E-state index contributed by atoms with van der Waals surface area (Å²) < 4.78 is 25.6. The van der Waals surface area contributed by atoms with Crippen molar-refractivity contribution in [1.29, 1.82) is 0 Å². The number of anilines is 1. The SMILES string of the molecule is C[C@@H](C(=O)NC(C)(C)CC(C)(C)C)N(c1ccccc1)S(C)(=O)=O. The highest BCUT2D eigenvalue weighted by Gasteiger charge is 2.33. The quantitative estimate of drug-likeness (QED) is 0.853. The molecule has 1 atom stereocenters. The van der Waals surface area contributed by atoms with Crippen molar-refractivity contribution < 1.29 is 13.2 Å². The van der Waals surface area contributed by atoms with E-state index in [1.165, 1.54) is 0 Å². The zero-order chi connectivity index (χ0) is 18.8. The van der Waals surface area contributed by atoms with E-state index in [0.717, 1.165) is 17.0 Å². The van der Waals surface area contributed by atoms with Crippen LogP contribution in [0.2, 0.25) is 0 Å². The molecule has 0 spiro atoms. The minimum absolute atomic E-state index is 0.0516. The van der Waals surface area contributed by atoms with E-state index in [1.54, 1.807) is 37.3 Å². The molecule has 0 heterocycles. The molecule has 0 aromatic heterocycles. The summed E-state index contributed by atoms with van der Waals surface area (Å²) in [5.41, 5.74) is 0.107. The van der Waals surface area contributed by atoms with Gasteiger partial charge in [0, 0.05) is 5.54 Å². The van der Waals surface area contributed by atoms with E-state index in [0.29, 0.717) is 5.69 Å². The fourth-order valence-corrected chi connectivity index (χ4v) is 4.37. The van der Waals surface area contributed by atoms with E-state index in [1.807, 2.05) is 13.8 Å². The van der Waals surface area contributed by atoms with Crippen molar-refractivity contribution >= 4 is 21.6 Å². The first kappa shape index (κ1) is 20.5. The van der Waals surface area contributed by atoms with Crippen molar-refractivity contribution in [2.45, 2.75) is 59.5 Å². The molecular weight excluding hydrogens is 324 g/mol. The van der Waals surface area contributed by atoms with Crippen molar-refractivity contribution in [3.63, 3.8) is 0 Å². The first-order chi connectivity index (χ1) is 10.7. The second-order valence-corrected chi connectivity index (χ2v) is 10.0. The lowest BCUT2D eigenvalue weighted by atomic mass is 9.81. The van der Waals surface area contributed by atoms with Gasteiger partial charge in [-0.2, -0.15) is 0 Å². The number of sulfonamides is 1. The number of nitrogens with one attached hydrogen (secondary N) is 1. The molecule has 0 aliphatic carbocycles. The summed E-state index contributed by atoms with van der Waals surface area (Å²) in [5, 5.41) is 2.99. The molecule has 0 unspecified atom stereocenters. The van der Waals surface area contributed by atoms with Crippen LogP contribution < -0.4 is 9.62 Å². The third-order valence-electron chi connectivity index (χ3n) is 3.53. The molecule has 0 bridgehead atoms. The summed E-state index contributed by atoms with van der Waals surface area (Å²) in [5.74, 6) is -0.307. The van der Waals surface area contributed by atoms with E-state index in [9.17, 15) is 13.2 Å². The Hall–Kier alpha value is -1.56. The number of nitrogens with zero attached hydrogens (tertiary/aromatic N) is 1. The molecule has 1 N–H and O–H groups in total. The summed E-state index contributed by atoms with van der Waals surface area (Å²) in [7, 11) is -3.58. The second-order valence-electron chi connectivity index (χ2n) is 8.18. The third kappa shape index (κ3) is 6.15. The molecule has 1 aromatic rings. The fourth-order valence-electron chi connectivity index (χ4n) is 3.19. The Labute approximate surface area is 146 Å². The fraction of sp³-hybridized carbons (Fsp3) is 0.611. The minimum Gasteiger partial charge on any atom is -0.349 e. The summed E-state index contributed by atoms with van der Waals surface area (Å²) in [6, 6.07) is 7.85. The van der Waals surface area contributed by atoms with Crippen LogP contribution in [0.5, 0.6) is 0 Å². The lowest BCUT2D eigenvalue weighted by Crippen LogP contribution is -2.54. The van der Waals surface area contributed by atoms with Crippen molar-refractivity contribution in [3.8, 4) is 0 Å². The molecular formula is C18H30N2O3S. The van der Waals surface area contributed by atoms with Crippen molar-refractivity contribution in [2.24, 2.45) is 5.41 Å². The van der Waals surface area contributed by atoms with Crippen molar-refractivity contribution in [1.82, 2.24) is 5.32 Å². The number of benzene rings is 1. The van der Waals surface area contributed by atoms with Crippen LogP contribution in [-0.2, 0) is 14.8 Å². The molecule has 0 radical (unpaired) electrons. The van der Waals surface area contributed by atoms with Crippen LogP contribution in [0.15, 0.2) is 30.3 Å². The highest BCUT2D eigenvalue weighted by atomic mass is 32.2. The highest BCUT2D eigenvalue weighted by molar-refractivity contribution is 7.92. The number of para-hydroxylation sites is 1. The number of carbonyl (C=O) groups excluding carboxylic acids is 1. The first-order valence-electron chi connectivity index (χ1n) is 8.09. The molecule has 6 heteroatoms. The average Bonchev–Trinajstić information content (AvgIpc) is 2.34. The maximum Gasteiger partial charge on any atom is 0.244 e. The van der Waals surface area contributed by atoms with Crippen LogP contribution in [0.3, 0.4) is 0 Å². The van der Waals surface area contributed by atoms with E-state index < -0.39 is 21.6 Å². The van der Waals surface area contributed by atoms with Crippen molar-refractivity contribution in [3.05, 3.63) is 30.3 Å². The standard InChI is InChI=1S/C18H30N2O3S/c1-14(16(21)19-18(5,6)13-17(2,3)4)20(24(7,22)23)15-11-9-8-10-12-15/h8-12,14H,13H2,1-7H3,(H,19,21)/t14-/m0/s1. The molecule has 0 aliphatic rings. The topological polar surface area (TPSA) is 66.5 Å². The summed E-state index contributed by atoms with van der Waals surface area (Å²) in [6.45, 7) is 11.8. The van der Waals surface area contributed by atoms with E-state index >= 15 is 0 Å². The first-order valence-corrected chi connectivity index (χ1v) is 9.94. The Morgan fingerprint density at radius 2 is 1.62 bits per heavy atom. The number of rotatable bonds is 6. The minimum atomic E-state index is -3.58. The van der Waals surface area contributed by atoms with Crippen LogP contribution in [0.4, 0.5) is 5.69 Å². The lowest BCUT2D eigenvalue weighted by molar-refractivity contribution is -0.123. The van der Waals surface area contributed by atoms with Gasteiger partial charge in [-0.25, -0.2) is 8.42 Å². The number of amides is 1. The smallest absolute Gasteiger partial charge is 0.244 e. The van der Waals surface area contributed by atoms with Gasteiger partial charge in [-0.3, -0.25) is 9.10 Å². The van der Waals surface area contributed by atoms with Gasteiger partial charge in [0.25, 0.3) is 0 Å². The Bertz CT molecular complexity index is 661. The molecule has 5 nitrogen and oxygen atoms in total. The van der Waals surface area contributed by atoms with Gasteiger partial charge >= 0.3 is 0 Å². The third-order valence-corrected chi connectivity index (χ3v) is 4.77. The predicted octanol–water partition coefficient (Wildman–Crippen LogP) is 3.17. The van der Waals surface area contributed by atoms with Gasteiger partial charge in [-0.15, -0.1) is 0 Å². The van der Waals surface area contributed by atoms with Gasteiger partial charge < -0.3 is 5.32 Å².